The van der Waals surface area contributed by atoms with Crippen molar-refractivity contribution in [3.8, 4) is 0 Å². The Hall–Kier alpha value is -1.96. The number of amides is 1. The summed E-state index contributed by atoms with van der Waals surface area (Å²) in [6, 6.07) is 9.11. The van der Waals surface area contributed by atoms with Crippen LogP contribution in [0.1, 0.15) is 56.3 Å². The first kappa shape index (κ1) is 28.6. The van der Waals surface area contributed by atoms with Crippen molar-refractivity contribution in [3.63, 3.8) is 0 Å². The minimum atomic E-state index is -4.41. The quantitative estimate of drug-likeness (QED) is 0.370. The molecule has 1 heterocycles. The highest BCUT2D eigenvalue weighted by molar-refractivity contribution is 6.35. The van der Waals surface area contributed by atoms with E-state index in [1.165, 1.54) is 6.07 Å². The summed E-state index contributed by atoms with van der Waals surface area (Å²) in [7, 11) is 0. The van der Waals surface area contributed by atoms with E-state index in [1.807, 2.05) is 24.8 Å². The van der Waals surface area contributed by atoms with Gasteiger partial charge in [0.05, 0.1) is 5.56 Å². The van der Waals surface area contributed by atoms with Gasteiger partial charge in [0, 0.05) is 54.4 Å². The number of benzene rings is 2. The number of hydrogen-bond acceptors (Lipinski definition) is 3. The van der Waals surface area contributed by atoms with Gasteiger partial charge in [-0.15, -0.1) is 0 Å². The van der Waals surface area contributed by atoms with Gasteiger partial charge in [0.15, 0.2) is 0 Å². The van der Waals surface area contributed by atoms with Gasteiger partial charge in [-0.25, -0.2) is 0 Å². The van der Waals surface area contributed by atoms with Crippen molar-refractivity contribution in [2.75, 3.05) is 37.6 Å². The van der Waals surface area contributed by atoms with Crippen molar-refractivity contribution < 1.29 is 18.0 Å². The number of rotatable bonds is 9. The molecule has 1 aliphatic heterocycles. The van der Waals surface area contributed by atoms with Crippen LogP contribution in [0, 0.1) is 5.92 Å². The van der Waals surface area contributed by atoms with E-state index in [-0.39, 0.29) is 17.9 Å². The summed E-state index contributed by atoms with van der Waals surface area (Å²) in [6.07, 6.45) is -2.70. The molecule has 1 aliphatic rings. The van der Waals surface area contributed by atoms with Crippen LogP contribution in [0.3, 0.4) is 0 Å². The summed E-state index contributed by atoms with van der Waals surface area (Å²) in [5, 5.41) is 4.50. The minimum absolute atomic E-state index is 0.0402. The second-order valence-corrected chi connectivity index (χ2v) is 10.1. The molecule has 1 N–H and O–H groups in total. The predicted octanol–water partition coefficient (Wildman–Crippen LogP) is 6.99. The number of halogens is 5. The number of hydrogen-bond donors (Lipinski definition) is 1. The first-order valence-corrected chi connectivity index (χ1v) is 13.2. The molecule has 2 atom stereocenters. The molecule has 1 unspecified atom stereocenters. The summed E-state index contributed by atoms with van der Waals surface area (Å²) in [5.74, 6) is 0.202. The van der Waals surface area contributed by atoms with Crippen LogP contribution in [0.25, 0.3) is 0 Å². The number of nitrogens with zero attached hydrogens (tertiary/aromatic N) is 2. The van der Waals surface area contributed by atoms with Gasteiger partial charge in [0.1, 0.15) is 0 Å². The maximum absolute atomic E-state index is 13.6. The molecule has 1 saturated heterocycles. The number of anilines is 1. The second kappa shape index (κ2) is 12.5. The number of carbonyl (C=O) groups excluding carboxylic acids is 1. The molecule has 0 radical (unpaired) electrons. The smallest absolute Gasteiger partial charge is 0.368 e. The lowest BCUT2D eigenvalue weighted by atomic mass is 9.89. The average molecular weight is 544 g/mol. The Morgan fingerprint density at radius 1 is 1.06 bits per heavy atom. The highest BCUT2D eigenvalue weighted by atomic mass is 35.5. The molecule has 1 fully saturated rings. The molecule has 0 aliphatic carbocycles. The van der Waals surface area contributed by atoms with Crippen LogP contribution >= 0.6 is 23.2 Å². The third-order valence-corrected chi connectivity index (χ3v) is 7.51. The minimum Gasteiger partial charge on any atom is -0.368 e. The number of alkyl halides is 3. The molecule has 4 nitrogen and oxygen atoms in total. The zero-order chi connectivity index (χ0) is 26.5. The SMILES string of the molecule is CCN[C@H](c1cc(C(F)(F)F)ccc1N1CCN(C(=O)CCc2ccc(Cl)cc2Cl)CC1)C(C)CC. The lowest BCUT2D eigenvalue weighted by molar-refractivity contribution is -0.137. The molecule has 1 amide bonds. The Bertz CT molecular complexity index is 1040. The summed E-state index contributed by atoms with van der Waals surface area (Å²) in [4.78, 5) is 16.8. The normalized spacial score (nSPS) is 16.2. The van der Waals surface area contributed by atoms with E-state index in [0.717, 1.165) is 23.7 Å². The molecule has 36 heavy (non-hydrogen) atoms. The van der Waals surface area contributed by atoms with Crippen molar-refractivity contribution in [1.29, 1.82) is 0 Å². The molecule has 2 aromatic carbocycles. The highest BCUT2D eigenvalue weighted by Crippen LogP contribution is 2.38. The third-order valence-electron chi connectivity index (χ3n) is 6.92. The van der Waals surface area contributed by atoms with Gasteiger partial charge in [-0.05, 0) is 60.3 Å². The van der Waals surface area contributed by atoms with Gasteiger partial charge < -0.3 is 15.1 Å². The van der Waals surface area contributed by atoms with Gasteiger partial charge in [0.2, 0.25) is 5.91 Å². The summed E-state index contributed by atoms with van der Waals surface area (Å²) in [6.45, 7) is 8.88. The van der Waals surface area contributed by atoms with Crippen LogP contribution in [0.4, 0.5) is 18.9 Å². The molecule has 0 aromatic heterocycles. The summed E-state index contributed by atoms with van der Waals surface area (Å²) < 4.78 is 40.7. The largest absolute Gasteiger partial charge is 0.416 e. The zero-order valence-electron chi connectivity index (χ0n) is 21.0. The predicted molar refractivity (Wildman–Crippen MR) is 141 cm³/mol. The lowest BCUT2D eigenvalue weighted by Gasteiger charge is -2.39. The van der Waals surface area contributed by atoms with Crippen molar-refractivity contribution in [3.05, 3.63) is 63.1 Å². The first-order valence-electron chi connectivity index (χ1n) is 12.5. The van der Waals surface area contributed by atoms with Crippen LogP contribution in [-0.4, -0.2) is 43.5 Å². The van der Waals surface area contributed by atoms with Gasteiger partial charge in [-0.2, -0.15) is 13.2 Å². The Morgan fingerprint density at radius 3 is 2.33 bits per heavy atom. The van der Waals surface area contributed by atoms with Crippen LogP contribution in [0.15, 0.2) is 36.4 Å². The monoisotopic (exact) mass is 543 g/mol. The zero-order valence-corrected chi connectivity index (χ0v) is 22.5. The number of aryl methyl sites for hydroxylation is 1. The van der Waals surface area contributed by atoms with E-state index in [4.69, 9.17) is 23.2 Å². The number of nitrogens with one attached hydrogen (secondary N) is 1. The Morgan fingerprint density at radius 2 is 1.75 bits per heavy atom. The molecule has 0 saturated carbocycles. The van der Waals surface area contributed by atoms with Gasteiger partial charge >= 0.3 is 6.18 Å². The van der Waals surface area contributed by atoms with Crippen LogP contribution in [-0.2, 0) is 17.4 Å². The first-order chi connectivity index (χ1) is 17.0. The highest BCUT2D eigenvalue weighted by Gasteiger charge is 2.34. The second-order valence-electron chi connectivity index (χ2n) is 9.30. The van der Waals surface area contributed by atoms with E-state index in [2.05, 4.69) is 17.1 Å². The van der Waals surface area contributed by atoms with Crippen LogP contribution in [0.2, 0.25) is 10.0 Å². The van der Waals surface area contributed by atoms with Crippen molar-refractivity contribution in [2.45, 2.75) is 52.3 Å². The molecule has 198 valence electrons. The molecule has 0 bridgehead atoms. The van der Waals surface area contributed by atoms with Crippen LogP contribution in [0.5, 0.6) is 0 Å². The summed E-state index contributed by atoms with van der Waals surface area (Å²) >= 11 is 12.2. The Balaban J connectivity index is 1.73. The molecule has 2 aromatic rings. The maximum atomic E-state index is 13.6. The standard InChI is InChI=1S/C27H34Cl2F3N3O/c1-4-18(3)26(33-5-2)22-16-20(27(30,31)32)8-10-24(22)34-12-14-35(15-13-34)25(36)11-7-19-6-9-21(28)17-23(19)29/h6,8-10,16-18,26,33H,4-5,7,11-15H2,1-3H3/t18?,26-/m0/s1. The fraction of sp³-hybridized carbons (Fsp3) is 0.519. The van der Waals surface area contributed by atoms with E-state index in [1.54, 1.807) is 18.2 Å². The summed E-state index contributed by atoms with van der Waals surface area (Å²) in [5.41, 5.74) is 1.71. The van der Waals surface area contributed by atoms with E-state index in [9.17, 15) is 18.0 Å². The van der Waals surface area contributed by atoms with Crippen LogP contribution < -0.4 is 10.2 Å². The van der Waals surface area contributed by atoms with E-state index in [0.29, 0.717) is 61.2 Å². The van der Waals surface area contributed by atoms with Gasteiger partial charge in [0.25, 0.3) is 0 Å². The van der Waals surface area contributed by atoms with E-state index >= 15 is 0 Å². The molecule has 9 heteroatoms. The van der Waals surface area contributed by atoms with Crippen molar-refractivity contribution >= 4 is 34.8 Å². The molecule has 0 spiro atoms. The fourth-order valence-electron chi connectivity index (χ4n) is 4.66. The fourth-order valence-corrected chi connectivity index (χ4v) is 5.17. The lowest BCUT2D eigenvalue weighted by Crippen LogP contribution is -2.49. The maximum Gasteiger partial charge on any atom is 0.416 e. The van der Waals surface area contributed by atoms with E-state index < -0.39 is 11.7 Å². The molecule has 3 rings (SSSR count). The van der Waals surface area contributed by atoms with Gasteiger partial charge in [-0.1, -0.05) is 56.5 Å². The van der Waals surface area contributed by atoms with Gasteiger partial charge in [-0.3, -0.25) is 4.79 Å². The number of piperazine rings is 1. The molecular weight excluding hydrogens is 510 g/mol. The number of carbonyl (C=O) groups is 1. The van der Waals surface area contributed by atoms with Crippen molar-refractivity contribution in [1.82, 2.24) is 10.2 Å². The topological polar surface area (TPSA) is 35.6 Å². The molecular formula is C27H34Cl2F3N3O. The average Bonchev–Trinajstić information content (AvgIpc) is 2.85. The Labute approximate surface area is 221 Å². The Kier molecular flexibility index (Phi) is 9.95. The van der Waals surface area contributed by atoms with Crippen molar-refractivity contribution in [2.24, 2.45) is 5.92 Å². The third kappa shape index (κ3) is 7.08.